The van der Waals surface area contributed by atoms with E-state index in [2.05, 4.69) is 59.1 Å². The van der Waals surface area contributed by atoms with Crippen LogP contribution in [-0.2, 0) is 6.42 Å². The fraction of sp³-hybridized carbons (Fsp3) is 0.312. The molecule has 0 fully saturated rings. The van der Waals surface area contributed by atoms with Gasteiger partial charge in [0.25, 0.3) is 0 Å². The number of hydrogen-bond donors (Lipinski definition) is 1. The highest BCUT2D eigenvalue weighted by Gasteiger charge is 2.18. The van der Waals surface area contributed by atoms with E-state index in [0.29, 0.717) is 0 Å². The fourth-order valence-electron chi connectivity index (χ4n) is 2.48. The number of aromatic nitrogens is 2. The minimum absolute atomic E-state index is 0.106. The molecular weight excluding hydrogens is 280 g/mol. The van der Waals surface area contributed by atoms with E-state index in [1.807, 2.05) is 6.92 Å². The minimum atomic E-state index is 0.106. The van der Waals surface area contributed by atoms with Gasteiger partial charge in [-0.05, 0) is 26.0 Å². The third-order valence-electron chi connectivity index (χ3n) is 3.59. The summed E-state index contributed by atoms with van der Waals surface area (Å²) in [5.41, 5.74) is 9.58. The van der Waals surface area contributed by atoms with Gasteiger partial charge in [0.05, 0.1) is 5.69 Å². The maximum Gasteiger partial charge on any atom is 0.195 e. The van der Waals surface area contributed by atoms with Gasteiger partial charge in [0.1, 0.15) is 0 Å². The van der Waals surface area contributed by atoms with Gasteiger partial charge in [-0.3, -0.25) is 4.40 Å². The van der Waals surface area contributed by atoms with Crippen LogP contribution < -0.4 is 10.6 Å². The first kappa shape index (κ1) is 14.1. The molecule has 0 aliphatic carbocycles. The van der Waals surface area contributed by atoms with E-state index in [1.54, 1.807) is 11.3 Å². The average molecular weight is 300 g/mol. The van der Waals surface area contributed by atoms with Crippen LogP contribution in [0.15, 0.2) is 35.8 Å². The van der Waals surface area contributed by atoms with Crippen molar-refractivity contribution in [1.29, 1.82) is 0 Å². The molecule has 1 unspecified atom stereocenters. The molecule has 0 bridgehead atoms. The Morgan fingerprint density at radius 1 is 1.33 bits per heavy atom. The lowest BCUT2D eigenvalue weighted by molar-refractivity contribution is 0.717. The topological polar surface area (TPSA) is 46.6 Å². The van der Waals surface area contributed by atoms with E-state index < -0.39 is 0 Å². The van der Waals surface area contributed by atoms with Gasteiger partial charge in [-0.25, -0.2) is 4.98 Å². The van der Waals surface area contributed by atoms with E-state index >= 15 is 0 Å². The summed E-state index contributed by atoms with van der Waals surface area (Å²) in [4.78, 5) is 7.93. The first-order valence-electron chi connectivity index (χ1n) is 7.06. The standard InChI is InChI=1S/C16H20N4S/c1-11-4-6-13(7-5-11)19(3)15-14(10-12(2)17)20-8-9-21-16(20)18-15/h4-9,12H,10,17H2,1-3H3. The molecule has 4 nitrogen and oxygen atoms in total. The van der Waals surface area contributed by atoms with Crippen LogP contribution in [0.4, 0.5) is 11.5 Å². The normalized spacial score (nSPS) is 12.8. The van der Waals surface area contributed by atoms with E-state index in [-0.39, 0.29) is 6.04 Å². The molecule has 0 amide bonds. The van der Waals surface area contributed by atoms with Crippen molar-refractivity contribution in [2.75, 3.05) is 11.9 Å². The number of fused-ring (bicyclic) bond motifs is 1. The lowest BCUT2D eigenvalue weighted by atomic mass is 10.1. The van der Waals surface area contributed by atoms with Gasteiger partial charge in [0.2, 0.25) is 0 Å². The molecule has 2 heterocycles. The molecule has 2 aromatic heterocycles. The van der Waals surface area contributed by atoms with Gasteiger partial charge in [-0.1, -0.05) is 17.7 Å². The quantitative estimate of drug-likeness (QED) is 0.803. The summed E-state index contributed by atoms with van der Waals surface area (Å²) < 4.78 is 2.15. The Morgan fingerprint density at radius 3 is 2.71 bits per heavy atom. The predicted octanol–water partition coefficient (Wildman–Crippen LogP) is 3.36. The molecule has 1 aromatic carbocycles. The number of hydrogen-bond acceptors (Lipinski definition) is 4. The monoisotopic (exact) mass is 300 g/mol. The zero-order valence-electron chi connectivity index (χ0n) is 12.6. The second-order valence-corrected chi connectivity index (χ2v) is 6.39. The number of benzene rings is 1. The summed E-state index contributed by atoms with van der Waals surface area (Å²) >= 11 is 1.65. The lowest BCUT2D eigenvalue weighted by Crippen LogP contribution is -2.21. The van der Waals surface area contributed by atoms with Crippen LogP contribution in [0.2, 0.25) is 0 Å². The number of anilines is 2. The van der Waals surface area contributed by atoms with Crippen LogP contribution in [-0.4, -0.2) is 22.5 Å². The second-order valence-electron chi connectivity index (χ2n) is 5.51. The highest BCUT2D eigenvalue weighted by molar-refractivity contribution is 7.15. The molecule has 0 radical (unpaired) electrons. The van der Waals surface area contributed by atoms with E-state index in [1.165, 1.54) is 11.3 Å². The predicted molar refractivity (Wildman–Crippen MR) is 89.7 cm³/mol. The summed E-state index contributed by atoms with van der Waals surface area (Å²) in [7, 11) is 2.06. The van der Waals surface area contributed by atoms with E-state index in [9.17, 15) is 0 Å². The Bertz CT molecular complexity index is 739. The van der Waals surface area contributed by atoms with Crippen molar-refractivity contribution in [3.05, 3.63) is 47.1 Å². The maximum absolute atomic E-state index is 6.01. The first-order chi connectivity index (χ1) is 10.1. The lowest BCUT2D eigenvalue weighted by Gasteiger charge is -2.19. The third kappa shape index (κ3) is 2.66. The molecule has 3 aromatic rings. The summed E-state index contributed by atoms with van der Waals surface area (Å²) in [6.07, 6.45) is 2.88. The van der Waals surface area contributed by atoms with Crippen molar-refractivity contribution in [2.24, 2.45) is 5.73 Å². The van der Waals surface area contributed by atoms with Crippen molar-refractivity contribution < 1.29 is 0 Å². The van der Waals surface area contributed by atoms with E-state index in [4.69, 9.17) is 10.7 Å². The third-order valence-corrected chi connectivity index (χ3v) is 4.35. The first-order valence-corrected chi connectivity index (χ1v) is 7.94. The number of nitrogens with zero attached hydrogens (tertiary/aromatic N) is 3. The van der Waals surface area contributed by atoms with Crippen LogP contribution in [0.3, 0.4) is 0 Å². The van der Waals surface area contributed by atoms with Crippen molar-refractivity contribution in [1.82, 2.24) is 9.38 Å². The smallest absolute Gasteiger partial charge is 0.195 e. The highest BCUT2D eigenvalue weighted by Crippen LogP contribution is 2.30. The minimum Gasteiger partial charge on any atom is -0.328 e. The number of thiazole rings is 1. The van der Waals surface area contributed by atoms with Gasteiger partial charge in [0, 0.05) is 36.8 Å². The Hall–Kier alpha value is -1.85. The average Bonchev–Trinajstić information content (AvgIpc) is 3.01. The number of aryl methyl sites for hydroxylation is 1. The SMILES string of the molecule is Cc1ccc(N(C)c2nc3sccn3c2CC(C)N)cc1. The molecular formula is C16H20N4S. The summed E-state index contributed by atoms with van der Waals surface area (Å²) in [6, 6.07) is 8.59. The molecule has 0 saturated carbocycles. The highest BCUT2D eigenvalue weighted by atomic mass is 32.1. The van der Waals surface area contributed by atoms with Gasteiger partial charge in [-0.2, -0.15) is 0 Å². The molecule has 2 N–H and O–H groups in total. The van der Waals surface area contributed by atoms with Crippen LogP contribution >= 0.6 is 11.3 Å². The molecule has 21 heavy (non-hydrogen) atoms. The van der Waals surface area contributed by atoms with E-state index in [0.717, 1.165) is 22.9 Å². The molecule has 0 saturated heterocycles. The largest absolute Gasteiger partial charge is 0.328 e. The van der Waals surface area contributed by atoms with Crippen LogP contribution in [0.25, 0.3) is 4.96 Å². The molecule has 5 heteroatoms. The van der Waals surface area contributed by atoms with Gasteiger partial charge in [-0.15, -0.1) is 11.3 Å². The zero-order valence-corrected chi connectivity index (χ0v) is 13.4. The summed E-state index contributed by atoms with van der Waals surface area (Å²) in [6.45, 7) is 4.12. The molecule has 3 rings (SSSR count). The molecule has 0 aliphatic rings. The Morgan fingerprint density at radius 2 is 2.05 bits per heavy atom. The zero-order chi connectivity index (χ0) is 15.0. The van der Waals surface area contributed by atoms with Crippen LogP contribution in [0.5, 0.6) is 0 Å². The molecule has 110 valence electrons. The number of rotatable bonds is 4. The number of imidazole rings is 1. The second kappa shape index (κ2) is 5.50. The number of nitrogens with two attached hydrogens (primary N) is 1. The van der Waals surface area contributed by atoms with Crippen molar-refractivity contribution in [2.45, 2.75) is 26.3 Å². The molecule has 0 aliphatic heterocycles. The van der Waals surface area contributed by atoms with Crippen LogP contribution in [0.1, 0.15) is 18.2 Å². The van der Waals surface area contributed by atoms with Crippen molar-refractivity contribution in [3.8, 4) is 0 Å². The summed E-state index contributed by atoms with van der Waals surface area (Å²) in [5, 5.41) is 2.06. The Kier molecular flexibility index (Phi) is 3.69. The Labute approximate surface area is 128 Å². The van der Waals surface area contributed by atoms with Gasteiger partial charge >= 0.3 is 0 Å². The van der Waals surface area contributed by atoms with Gasteiger partial charge in [0.15, 0.2) is 10.8 Å². The van der Waals surface area contributed by atoms with Crippen molar-refractivity contribution >= 4 is 27.8 Å². The molecule has 1 atom stereocenters. The maximum atomic E-state index is 6.01. The summed E-state index contributed by atoms with van der Waals surface area (Å²) in [5.74, 6) is 0.989. The molecule has 0 spiro atoms. The fourth-order valence-corrected chi connectivity index (χ4v) is 3.20. The van der Waals surface area contributed by atoms with Crippen LogP contribution in [0, 0.1) is 6.92 Å². The van der Waals surface area contributed by atoms with Gasteiger partial charge < -0.3 is 10.6 Å². The van der Waals surface area contributed by atoms with Crippen molar-refractivity contribution in [3.63, 3.8) is 0 Å². The Balaban J connectivity index is 2.05.